The molecular weight excluding hydrogens is 334 g/mol. The summed E-state index contributed by atoms with van der Waals surface area (Å²) < 4.78 is 7.65. The van der Waals surface area contributed by atoms with E-state index in [2.05, 4.69) is 26.2 Å². The first-order valence-corrected chi connectivity index (χ1v) is 7.12. The van der Waals surface area contributed by atoms with Crippen molar-refractivity contribution in [3.8, 4) is 5.69 Å². The molecule has 6 heteroatoms. The van der Waals surface area contributed by atoms with Crippen molar-refractivity contribution in [2.24, 2.45) is 0 Å². The number of rotatable bonds is 4. The molecule has 1 N–H and O–H groups in total. The van der Waals surface area contributed by atoms with E-state index in [1.165, 1.54) is 0 Å². The zero-order valence-electron chi connectivity index (χ0n) is 11.0. The topological polar surface area (TPSA) is 60.1 Å². The number of aromatic nitrogens is 2. The predicted octanol–water partition coefficient (Wildman–Crippen LogP) is 3.16. The second-order valence-electron chi connectivity index (χ2n) is 4.42. The molecule has 1 aromatic carbocycles. The van der Waals surface area contributed by atoms with E-state index in [-0.39, 0.29) is 11.7 Å². The van der Waals surface area contributed by atoms with Crippen LogP contribution in [0.1, 0.15) is 16.1 Å². The van der Waals surface area contributed by atoms with Crippen LogP contribution in [0, 0.1) is 0 Å². The van der Waals surface area contributed by atoms with Crippen LogP contribution in [0.3, 0.4) is 0 Å². The number of hydrogen-bond acceptors (Lipinski definition) is 3. The summed E-state index contributed by atoms with van der Waals surface area (Å²) in [4.78, 5) is 15.9. The third-order valence-electron chi connectivity index (χ3n) is 2.99. The van der Waals surface area contributed by atoms with Crippen LogP contribution in [0.15, 0.2) is 64.2 Å². The fourth-order valence-corrected chi connectivity index (χ4v) is 2.21. The summed E-state index contributed by atoms with van der Waals surface area (Å²) in [5.74, 6) is 0.0521. The molecule has 2 heterocycles. The van der Waals surface area contributed by atoms with Crippen LogP contribution in [0.4, 0.5) is 0 Å². The Morgan fingerprint density at radius 2 is 2.05 bits per heavy atom. The van der Waals surface area contributed by atoms with E-state index in [1.54, 1.807) is 24.7 Å². The lowest BCUT2D eigenvalue weighted by atomic mass is 10.2. The molecule has 3 rings (SSSR count). The first-order chi connectivity index (χ1) is 10.2. The number of imidazole rings is 1. The fourth-order valence-electron chi connectivity index (χ4n) is 1.90. The quantitative estimate of drug-likeness (QED) is 0.789. The Hall–Kier alpha value is -2.34. The summed E-state index contributed by atoms with van der Waals surface area (Å²) >= 11 is 3.17. The van der Waals surface area contributed by atoms with E-state index in [0.29, 0.717) is 11.2 Å². The highest BCUT2D eigenvalue weighted by molar-refractivity contribution is 9.10. The van der Waals surface area contributed by atoms with Gasteiger partial charge in [0.15, 0.2) is 10.4 Å². The molecule has 0 fully saturated rings. The third-order valence-corrected chi connectivity index (χ3v) is 3.42. The van der Waals surface area contributed by atoms with Crippen molar-refractivity contribution in [3.05, 3.63) is 71.1 Å². The maximum Gasteiger partial charge on any atom is 0.287 e. The molecular formula is C15H12BrN3O2. The van der Waals surface area contributed by atoms with Crippen molar-refractivity contribution in [1.29, 1.82) is 0 Å². The van der Waals surface area contributed by atoms with E-state index in [9.17, 15) is 4.79 Å². The number of carbonyl (C=O) groups excluding carboxylic acids is 1. The Kier molecular flexibility index (Phi) is 3.87. The number of benzene rings is 1. The number of nitrogens with one attached hydrogen (secondary N) is 1. The van der Waals surface area contributed by atoms with Gasteiger partial charge < -0.3 is 14.3 Å². The monoisotopic (exact) mass is 345 g/mol. The Bertz CT molecular complexity index is 733. The highest BCUT2D eigenvalue weighted by Crippen LogP contribution is 2.14. The van der Waals surface area contributed by atoms with Crippen LogP contribution < -0.4 is 5.32 Å². The molecule has 0 saturated heterocycles. The van der Waals surface area contributed by atoms with Crippen LogP contribution in [0.5, 0.6) is 0 Å². The Morgan fingerprint density at radius 3 is 2.67 bits per heavy atom. The Morgan fingerprint density at radius 1 is 1.24 bits per heavy atom. The summed E-state index contributed by atoms with van der Waals surface area (Å²) in [6, 6.07) is 11.2. The highest BCUT2D eigenvalue weighted by Gasteiger charge is 2.09. The molecule has 0 aliphatic rings. The number of halogens is 1. The molecule has 21 heavy (non-hydrogen) atoms. The van der Waals surface area contributed by atoms with Crippen LogP contribution in [-0.4, -0.2) is 15.5 Å². The van der Waals surface area contributed by atoms with Gasteiger partial charge in [-0.15, -0.1) is 0 Å². The first-order valence-electron chi connectivity index (χ1n) is 6.33. The van der Waals surface area contributed by atoms with Gasteiger partial charge in [-0.1, -0.05) is 12.1 Å². The average molecular weight is 346 g/mol. The smallest absolute Gasteiger partial charge is 0.287 e. The number of carbonyl (C=O) groups is 1. The summed E-state index contributed by atoms with van der Waals surface area (Å²) in [7, 11) is 0. The molecule has 0 aliphatic heterocycles. The summed E-state index contributed by atoms with van der Waals surface area (Å²) in [6.45, 7) is 0.446. The molecule has 5 nitrogen and oxygen atoms in total. The van der Waals surface area contributed by atoms with Crippen LogP contribution in [0.25, 0.3) is 5.69 Å². The molecule has 0 saturated carbocycles. The standard InChI is InChI=1S/C15H12BrN3O2/c16-14-6-5-13(21-14)15(20)18-9-11-1-3-12(4-2-11)19-8-7-17-10-19/h1-8,10H,9H2,(H,18,20). The molecule has 0 atom stereocenters. The molecule has 1 amide bonds. The van der Waals surface area contributed by atoms with Gasteiger partial charge in [0, 0.05) is 24.6 Å². The molecule has 106 valence electrons. The van der Waals surface area contributed by atoms with Gasteiger partial charge in [0.1, 0.15) is 0 Å². The number of nitrogens with zero attached hydrogens (tertiary/aromatic N) is 2. The molecule has 0 bridgehead atoms. The maximum absolute atomic E-state index is 11.8. The van der Waals surface area contributed by atoms with E-state index in [1.807, 2.05) is 35.0 Å². The average Bonchev–Trinajstić information content (AvgIpc) is 3.16. The van der Waals surface area contributed by atoms with E-state index >= 15 is 0 Å². The Labute approximate surface area is 129 Å². The lowest BCUT2D eigenvalue weighted by Crippen LogP contribution is -2.22. The van der Waals surface area contributed by atoms with Gasteiger partial charge in [-0.2, -0.15) is 0 Å². The van der Waals surface area contributed by atoms with Crippen molar-refractivity contribution in [2.75, 3.05) is 0 Å². The number of amides is 1. The van der Waals surface area contributed by atoms with Crippen molar-refractivity contribution in [3.63, 3.8) is 0 Å². The van der Waals surface area contributed by atoms with Crippen molar-refractivity contribution < 1.29 is 9.21 Å². The van der Waals surface area contributed by atoms with Gasteiger partial charge in [0.05, 0.1) is 6.33 Å². The summed E-state index contributed by atoms with van der Waals surface area (Å²) in [5.41, 5.74) is 2.04. The summed E-state index contributed by atoms with van der Waals surface area (Å²) in [6.07, 6.45) is 5.35. The molecule has 0 unspecified atom stereocenters. The van der Waals surface area contributed by atoms with Gasteiger partial charge in [0.2, 0.25) is 0 Å². The van der Waals surface area contributed by atoms with Gasteiger partial charge >= 0.3 is 0 Å². The van der Waals surface area contributed by atoms with Gasteiger partial charge in [0.25, 0.3) is 5.91 Å². The maximum atomic E-state index is 11.8. The fraction of sp³-hybridized carbons (Fsp3) is 0.0667. The molecule has 0 spiro atoms. The van der Waals surface area contributed by atoms with Crippen LogP contribution in [-0.2, 0) is 6.54 Å². The molecule has 0 radical (unpaired) electrons. The van der Waals surface area contributed by atoms with Crippen LogP contribution >= 0.6 is 15.9 Å². The normalized spacial score (nSPS) is 10.5. The SMILES string of the molecule is O=C(NCc1ccc(-n2ccnc2)cc1)c1ccc(Br)o1. The molecule has 2 aromatic heterocycles. The number of hydrogen-bond donors (Lipinski definition) is 1. The van der Waals surface area contributed by atoms with Crippen molar-refractivity contribution in [1.82, 2.24) is 14.9 Å². The zero-order valence-corrected chi connectivity index (χ0v) is 12.6. The highest BCUT2D eigenvalue weighted by atomic mass is 79.9. The molecule has 0 aliphatic carbocycles. The predicted molar refractivity (Wildman–Crippen MR) is 81.1 cm³/mol. The lowest BCUT2D eigenvalue weighted by Gasteiger charge is -2.06. The Balaban J connectivity index is 1.62. The van der Waals surface area contributed by atoms with Crippen LogP contribution in [0.2, 0.25) is 0 Å². The molecule has 3 aromatic rings. The lowest BCUT2D eigenvalue weighted by molar-refractivity contribution is 0.0922. The largest absolute Gasteiger partial charge is 0.444 e. The van der Waals surface area contributed by atoms with Gasteiger partial charge in [-0.3, -0.25) is 4.79 Å². The van der Waals surface area contributed by atoms with E-state index in [4.69, 9.17) is 4.42 Å². The summed E-state index contributed by atoms with van der Waals surface area (Å²) in [5, 5.41) is 2.81. The second-order valence-corrected chi connectivity index (χ2v) is 5.20. The minimum absolute atomic E-state index is 0.237. The second kappa shape index (κ2) is 5.97. The van der Waals surface area contributed by atoms with Crippen molar-refractivity contribution >= 4 is 21.8 Å². The number of furan rings is 1. The van der Waals surface area contributed by atoms with E-state index in [0.717, 1.165) is 11.3 Å². The van der Waals surface area contributed by atoms with Gasteiger partial charge in [-0.05, 0) is 45.8 Å². The first kappa shape index (κ1) is 13.6. The van der Waals surface area contributed by atoms with Crippen molar-refractivity contribution in [2.45, 2.75) is 6.54 Å². The van der Waals surface area contributed by atoms with Gasteiger partial charge in [-0.25, -0.2) is 4.98 Å². The minimum Gasteiger partial charge on any atom is -0.444 e. The van der Waals surface area contributed by atoms with E-state index < -0.39 is 0 Å². The zero-order chi connectivity index (χ0) is 14.7. The minimum atomic E-state index is -0.237. The third kappa shape index (κ3) is 3.22.